The minimum absolute atomic E-state index is 0.0335. The summed E-state index contributed by atoms with van der Waals surface area (Å²) in [6, 6.07) is 1.23. The SMILES string of the molecule is Cc1n[nH]c(C)c1NS(=O)(=O)c1cc(C(N)=O)n(C)c1. The Labute approximate surface area is 116 Å². The third-order valence-corrected chi connectivity index (χ3v) is 4.22. The number of aromatic nitrogens is 3. The zero-order chi connectivity index (χ0) is 15.1. The number of nitrogens with one attached hydrogen (secondary N) is 2. The molecule has 2 rings (SSSR count). The predicted octanol–water partition coefficient (Wildman–Crippen LogP) is 0.265. The molecule has 1 amide bonds. The third-order valence-electron chi connectivity index (χ3n) is 2.91. The molecule has 9 heteroatoms. The average molecular weight is 297 g/mol. The molecule has 0 aliphatic rings. The van der Waals surface area contributed by atoms with Gasteiger partial charge in [-0.1, -0.05) is 0 Å². The van der Waals surface area contributed by atoms with Gasteiger partial charge in [-0.15, -0.1) is 0 Å². The van der Waals surface area contributed by atoms with Gasteiger partial charge in [-0.3, -0.25) is 14.6 Å². The van der Waals surface area contributed by atoms with Crippen LogP contribution in [0.15, 0.2) is 17.2 Å². The fourth-order valence-electron chi connectivity index (χ4n) is 1.82. The van der Waals surface area contributed by atoms with Crippen molar-refractivity contribution in [2.45, 2.75) is 18.7 Å². The smallest absolute Gasteiger partial charge is 0.265 e. The third kappa shape index (κ3) is 2.39. The molecule has 0 saturated carbocycles. The predicted molar refractivity (Wildman–Crippen MR) is 72.8 cm³/mol. The number of primary amides is 1. The van der Waals surface area contributed by atoms with Crippen LogP contribution in [0.4, 0.5) is 5.69 Å². The molecule has 0 aliphatic carbocycles. The molecule has 0 radical (unpaired) electrons. The van der Waals surface area contributed by atoms with Gasteiger partial charge in [-0.25, -0.2) is 8.42 Å². The Hall–Kier alpha value is -2.29. The summed E-state index contributed by atoms with van der Waals surface area (Å²) < 4.78 is 28.4. The van der Waals surface area contributed by atoms with Crippen molar-refractivity contribution in [3.63, 3.8) is 0 Å². The molecule has 2 heterocycles. The lowest BCUT2D eigenvalue weighted by atomic mass is 10.3. The molecule has 0 saturated heterocycles. The molecule has 0 aliphatic heterocycles. The quantitative estimate of drug-likeness (QED) is 0.749. The van der Waals surface area contributed by atoms with Crippen LogP contribution in [0, 0.1) is 13.8 Å². The zero-order valence-corrected chi connectivity index (χ0v) is 12.1. The summed E-state index contributed by atoms with van der Waals surface area (Å²) >= 11 is 0. The number of anilines is 1. The first kappa shape index (κ1) is 14.1. The van der Waals surface area contributed by atoms with E-state index in [1.54, 1.807) is 20.9 Å². The van der Waals surface area contributed by atoms with Gasteiger partial charge >= 0.3 is 0 Å². The van der Waals surface area contributed by atoms with Gasteiger partial charge in [0.25, 0.3) is 15.9 Å². The molecular weight excluding hydrogens is 282 g/mol. The number of rotatable bonds is 4. The van der Waals surface area contributed by atoms with Gasteiger partial charge in [-0.2, -0.15) is 5.10 Å². The summed E-state index contributed by atoms with van der Waals surface area (Å²) in [6.45, 7) is 3.39. The normalized spacial score (nSPS) is 11.6. The van der Waals surface area contributed by atoms with Gasteiger partial charge in [0.15, 0.2) is 0 Å². The zero-order valence-electron chi connectivity index (χ0n) is 11.3. The van der Waals surface area contributed by atoms with Gasteiger partial charge in [0, 0.05) is 13.2 Å². The minimum Gasteiger partial charge on any atom is -0.364 e. The van der Waals surface area contributed by atoms with Crippen molar-refractivity contribution in [2.75, 3.05) is 4.72 Å². The van der Waals surface area contributed by atoms with E-state index in [2.05, 4.69) is 14.9 Å². The van der Waals surface area contributed by atoms with Crippen LogP contribution in [0.5, 0.6) is 0 Å². The number of hydrogen-bond donors (Lipinski definition) is 3. The van der Waals surface area contributed by atoms with Crippen molar-refractivity contribution >= 4 is 21.6 Å². The molecule has 0 unspecified atom stereocenters. The second-order valence-corrected chi connectivity index (χ2v) is 6.13. The molecule has 0 aromatic carbocycles. The number of carbonyl (C=O) groups excluding carboxylic acids is 1. The lowest BCUT2D eigenvalue weighted by Gasteiger charge is -2.06. The summed E-state index contributed by atoms with van der Waals surface area (Å²) in [6.07, 6.45) is 1.33. The lowest BCUT2D eigenvalue weighted by molar-refractivity contribution is 0.0992. The number of H-pyrrole nitrogens is 1. The first-order valence-electron chi connectivity index (χ1n) is 5.73. The molecule has 0 atom stereocenters. The second-order valence-electron chi connectivity index (χ2n) is 4.45. The van der Waals surface area contributed by atoms with Crippen LogP contribution in [0.3, 0.4) is 0 Å². The molecule has 0 spiro atoms. The number of aromatic amines is 1. The Balaban J connectivity index is 2.41. The van der Waals surface area contributed by atoms with E-state index in [1.165, 1.54) is 16.8 Å². The fourth-order valence-corrected chi connectivity index (χ4v) is 3.07. The monoisotopic (exact) mass is 297 g/mol. The second kappa shape index (κ2) is 4.67. The number of nitrogens with zero attached hydrogens (tertiary/aromatic N) is 2. The lowest BCUT2D eigenvalue weighted by Crippen LogP contribution is -2.14. The number of sulfonamides is 1. The van der Waals surface area contributed by atoms with E-state index in [1.807, 2.05) is 0 Å². The van der Waals surface area contributed by atoms with E-state index in [4.69, 9.17) is 5.73 Å². The van der Waals surface area contributed by atoms with Gasteiger partial charge < -0.3 is 10.3 Å². The number of nitrogens with two attached hydrogens (primary N) is 1. The summed E-state index contributed by atoms with van der Waals surface area (Å²) in [5, 5.41) is 6.60. The van der Waals surface area contributed by atoms with E-state index >= 15 is 0 Å². The Morgan fingerprint density at radius 1 is 1.45 bits per heavy atom. The van der Waals surface area contributed by atoms with Gasteiger partial charge in [0.1, 0.15) is 10.6 Å². The number of amides is 1. The van der Waals surface area contributed by atoms with Crippen LogP contribution < -0.4 is 10.5 Å². The maximum atomic E-state index is 12.3. The van der Waals surface area contributed by atoms with Gasteiger partial charge in [0.05, 0.1) is 17.1 Å². The Kier molecular flexibility index (Phi) is 3.30. The Bertz CT molecular complexity index is 753. The van der Waals surface area contributed by atoms with Crippen molar-refractivity contribution in [3.8, 4) is 0 Å². The molecular formula is C11H15N5O3S. The molecule has 4 N–H and O–H groups in total. The van der Waals surface area contributed by atoms with Crippen molar-refractivity contribution in [1.29, 1.82) is 0 Å². The summed E-state index contributed by atoms with van der Waals surface area (Å²) in [7, 11) is -2.25. The molecule has 108 valence electrons. The van der Waals surface area contributed by atoms with Crippen LogP contribution in [0.2, 0.25) is 0 Å². The minimum atomic E-state index is -3.80. The first-order chi connectivity index (χ1) is 9.22. The highest BCUT2D eigenvalue weighted by Crippen LogP contribution is 2.22. The summed E-state index contributed by atoms with van der Waals surface area (Å²) in [5.41, 5.74) is 6.83. The van der Waals surface area contributed by atoms with Crippen LogP contribution in [0.1, 0.15) is 21.9 Å². The standard InChI is InChI=1S/C11H15N5O3S/c1-6-10(7(2)14-13-6)15-20(18,19)8-4-9(11(12)17)16(3)5-8/h4-5,15H,1-3H3,(H2,12,17)(H,13,14). The molecule has 20 heavy (non-hydrogen) atoms. The van der Waals surface area contributed by atoms with E-state index in [0.29, 0.717) is 17.1 Å². The van der Waals surface area contributed by atoms with Gasteiger partial charge in [0.2, 0.25) is 0 Å². The Morgan fingerprint density at radius 2 is 2.10 bits per heavy atom. The topological polar surface area (TPSA) is 123 Å². The van der Waals surface area contributed by atoms with Crippen LogP contribution >= 0.6 is 0 Å². The molecule has 0 bridgehead atoms. The molecule has 2 aromatic heterocycles. The van der Waals surface area contributed by atoms with Crippen molar-refractivity contribution < 1.29 is 13.2 Å². The molecule has 8 nitrogen and oxygen atoms in total. The molecule has 0 fully saturated rings. The number of aryl methyl sites for hydroxylation is 3. The van der Waals surface area contributed by atoms with Crippen LogP contribution in [-0.4, -0.2) is 29.1 Å². The van der Waals surface area contributed by atoms with Crippen LogP contribution in [0.25, 0.3) is 0 Å². The van der Waals surface area contributed by atoms with Crippen molar-refractivity contribution in [1.82, 2.24) is 14.8 Å². The van der Waals surface area contributed by atoms with Crippen molar-refractivity contribution in [3.05, 3.63) is 29.3 Å². The van der Waals surface area contributed by atoms with E-state index in [0.717, 1.165) is 0 Å². The average Bonchev–Trinajstić information content (AvgIpc) is 2.87. The van der Waals surface area contributed by atoms with Crippen LogP contribution in [-0.2, 0) is 17.1 Å². The summed E-state index contributed by atoms with van der Waals surface area (Å²) in [4.78, 5) is 11.1. The van der Waals surface area contributed by atoms with E-state index < -0.39 is 15.9 Å². The highest BCUT2D eigenvalue weighted by Gasteiger charge is 2.21. The molecule has 2 aromatic rings. The highest BCUT2D eigenvalue weighted by molar-refractivity contribution is 7.92. The fraction of sp³-hybridized carbons (Fsp3) is 0.273. The maximum absolute atomic E-state index is 12.3. The maximum Gasteiger partial charge on any atom is 0.265 e. The highest BCUT2D eigenvalue weighted by atomic mass is 32.2. The Morgan fingerprint density at radius 3 is 2.55 bits per heavy atom. The number of carbonyl (C=O) groups is 1. The van der Waals surface area contributed by atoms with Crippen molar-refractivity contribution in [2.24, 2.45) is 12.8 Å². The van der Waals surface area contributed by atoms with Gasteiger partial charge in [-0.05, 0) is 19.9 Å². The van der Waals surface area contributed by atoms with E-state index in [-0.39, 0.29) is 10.6 Å². The first-order valence-corrected chi connectivity index (χ1v) is 7.21. The van der Waals surface area contributed by atoms with E-state index in [9.17, 15) is 13.2 Å². The number of hydrogen-bond acceptors (Lipinski definition) is 4. The summed E-state index contributed by atoms with van der Waals surface area (Å²) in [5.74, 6) is -0.690. The largest absolute Gasteiger partial charge is 0.364 e.